The van der Waals surface area contributed by atoms with Crippen molar-refractivity contribution in [2.75, 3.05) is 6.54 Å². The van der Waals surface area contributed by atoms with Gasteiger partial charge < -0.3 is 5.32 Å². The summed E-state index contributed by atoms with van der Waals surface area (Å²) in [5.41, 5.74) is 2.92. The Morgan fingerprint density at radius 1 is 1.00 bits per heavy atom. The first kappa shape index (κ1) is 16.2. The van der Waals surface area contributed by atoms with Crippen LogP contribution in [0.3, 0.4) is 0 Å². The molecule has 0 saturated heterocycles. The van der Waals surface area contributed by atoms with Crippen molar-refractivity contribution < 1.29 is 0 Å². The summed E-state index contributed by atoms with van der Waals surface area (Å²) in [6, 6.07) is 9.78. The second kappa shape index (κ2) is 9.14. The van der Waals surface area contributed by atoms with Crippen molar-refractivity contribution in [2.45, 2.75) is 65.8 Å². The van der Waals surface area contributed by atoms with Crippen LogP contribution in [0, 0.1) is 5.92 Å². The van der Waals surface area contributed by atoms with E-state index in [-0.39, 0.29) is 0 Å². The zero-order chi connectivity index (χ0) is 14.1. The first-order valence-electron chi connectivity index (χ1n) is 8.05. The molecular weight excluding hydrogens is 230 g/mol. The first-order chi connectivity index (χ1) is 9.22. The highest BCUT2D eigenvalue weighted by molar-refractivity contribution is 5.25. The van der Waals surface area contributed by atoms with E-state index in [1.807, 2.05) is 0 Å². The van der Waals surface area contributed by atoms with Gasteiger partial charge in [-0.3, -0.25) is 0 Å². The number of unbranched alkanes of at least 4 members (excludes halogenated alkanes) is 1. The number of hydrogen-bond donors (Lipinski definition) is 1. The van der Waals surface area contributed by atoms with Crippen LogP contribution in [0.4, 0.5) is 0 Å². The van der Waals surface area contributed by atoms with E-state index in [0.717, 1.165) is 6.54 Å². The third-order valence-electron chi connectivity index (χ3n) is 3.89. The molecule has 0 bridgehead atoms. The third-order valence-corrected chi connectivity index (χ3v) is 3.89. The molecule has 108 valence electrons. The molecule has 1 rings (SSSR count). The van der Waals surface area contributed by atoms with Gasteiger partial charge in [-0.25, -0.2) is 0 Å². The number of benzene rings is 1. The maximum absolute atomic E-state index is 3.65. The molecule has 0 aromatic heterocycles. The number of aryl methyl sites for hydroxylation is 1. The Morgan fingerprint density at radius 2 is 1.68 bits per heavy atom. The van der Waals surface area contributed by atoms with Crippen LogP contribution in [0.1, 0.15) is 70.5 Å². The second-order valence-electron chi connectivity index (χ2n) is 5.65. The van der Waals surface area contributed by atoms with Crippen LogP contribution in [0.2, 0.25) is 0 Å². The Kier molecular flexibility index (Phi) is 7.81. The predicted molar refractivity (Wildman–Crippen MR) is 85.5 cm³/mol. The van der Waals surface area contributed by atoms with Gasteiger partial charge in [0.05, 0.1) is 0 Å². The van der Waals surface area contributed by atoms with Gasteiger partial charge in [0, 0.05) is 6.04 Å². The van der Waals surface area contributed by atoms with Crippen LogP contribution >= 0.6 is 0 Å². The highest BCUT2D eigenvalue weighted by Crippen LogP contribution is 2.26. The molecule has 0 aliphatic carbocycles. The molecule has 1 N–H and O–H groups in total. The van der Waals surface area contributed by atoms with Gasteiger partial charge in [-0.2, -0.15) is 0 Å². The number of rotatable bonds is 9. The zero-order valence-electron chi connectivity index (χ0n) is 13.2. The van der Waals surface area contributed by atoms with E-state index >= 15 is 0 Å². The summed E-state index contributed by atoms with van der Waals surface area (Å²) in [4.78, 5) is 0. The summed E-state index contributed by atoms with van der Waals surface area (Å²) in [5, 5.41) is 3.65. The molecule has 0 spiro atoms. The summed E-state index contributed by atoms with van der Waals surface area (Å²) < 4.78 is 0. The van der Waals surface area contributed by atoms with Crippen LogP contribution in [-0.4, -0.2) is 6.54 Å². The summed E-state index contributed by atoms with van der Waals surface area (Å²) in [7, 11) is 0. The topological polar surface area (TPSA) is 12.0 Å². The van der Waals surface area contributed by atoms with Crippen molar-refractivity contribution in [3.63, 3.8) is 0 Å². The van der Waals surface area contributed by atoms with Crippen LogP contribution in [0.5, 0.6) is 0 Å². The molecule has 1 nitrogen and oxygen atoms in total. The molecule has 2 atom stereocenters. The smallest absolute Gasteiger partial charge is 0.0345 e. The minimum atomic E-state index is 0.505. The molecule has 0 heterocycles. The lowest BCUT2D eigenvalue weighted by molar-refractivity contribution is 0.369. The van der Waals surface area contributed by atoms with Gasteiger partial charge in [0.15, 0.2) is 0 Å². The number of hydrogen-bond acceptors (Lipinski definition) is 1. The maximum atomic E-state index is 3.65. The van der Waals surface area contributed by atoms with Crippen LogP contribution < -0.4 is 5.32 Å². The lowest BCUT2D eigenvalue weighted by Gasteiger charge is -2.25. The molecule has 1 heteroatoms. The molecular formula is C18H31N. The van der Waals surface area contributed by atoms with E-state index in [2.05, 4.69) is 57.3 Å². The fraction of sp³-hybridized carbons (Fsp3) is 0.667. The van der Waals surface area contributed by atoms with Gasteiger partial charge in [0.25, 0.3) is 0 Å². The molecule has 2 unspecified atom stereocenters. The average molecular weight is 261 g/mol. The molecule has 0 amide bonds. The average Bonchev–Trinajstić information content (AvgIpc) is 2.43. The van der Waals surface area contributed by atoms with E-state index in [1.165, 1.54) is 43.2 Å². The van der Waals surface area contributed by atoms with Crippen molar-refractivity contribution >= 4 is 0 Å². The van der Waals surface area contributed by atoms with Crippen LogP contribution in [0.15, 0.2) is 24.3 Å². The lowest BCUT2D eigenvalue weighted by Crippen LogP contribution is -2.26. The fourth-order valence-corrected chi connectivity index (χ4v) is 2.76. The van der Waals surface area contributed by atoms with Gasteiger partial charge in [-0.15, -0.1) is 0 Å². The molecule has 19 heavy (non-hydrogen) atoms. The Balaban J connectivity index is 2.73. The van der Waals surface area contributed by atoms with E-state index in [1.54, 1.807) is 0 Å². The highest BCUT2D eigenvalue weighted by Gasteiger charge is 2.17. The van der Waals surface area contributed by atoms with Crippen molar-refractivity contribution in [3.05, 3.63) is 35.4 Å². The van der Waals surface area contributed by atoms with Crippen molar-refractivity contribution in [1.82, 2.24) is 5.32 Å². The van der Waals surface area contributed by atoms with Gasteiger partial charge in [-0.1, -0.05) is 64.8 Å². The maximum Gasteiger partial charge on any atom is 0.0345 e. The van der Waals surface area contributed by atoms with E-state index < -0.39 is 0 Å². The predicted octanol–water partition coefficient (Wildman–Crippen LogP) is 5.12. The third kappa shape index (κ3) is 5.36. The highest BCUT2D eigenvalue weighted by atomic mass is 14.9. The molecule has 1 aromatic rings. The number of nitrogens with one attached hydrogen (secondary N) is 1. The summed E-state index contributed by atoms with van der Waals surface area (Å²) in [6.07, 6.45) is 6.33. The Labute approximate surface area is 119 Å². The Bertz CT molecular complexity index is 328. The summed E-state index contributed by atoms with van der Waals surface area (Å²) in [6.45, 7) is 10.1. The van der Waals surface area contributed by atoms with Crippen molar-refractivity contribution in [2.24, 2.45) is 5.92 Å². The molecule has 0 saturated carbocycles. The quantitative estimate of drug-likeness (QED) is 0.651. The standard InChI is InChI=1S/C18H31N/c1-5-8-10-16-11-13-17(14-12-16)18(19-7-3)15(4)9-6-2/h11-15,18-19H,5-10H2,1-4H3. The van der Waals surface area contributed by atoms with Crippen molar-refractivity contribution in [3.8, 4) is 0 Å². The van der Waals surface area contributed by atoms with E-state index in [0.29, 0.717) is 12.0 Å². The monoisotopic (exact) mass is 261 g/mol. The van der Waals surface area contributed by atoms with Gasteiger partial charge in [-0.05, 0) is 42.9 Å². The summed E-state index contributed by atoms with van der Waals surface area (Å²) in [5.74, 6) is 0.700. The molecule has 0 fully saturated rings. The van der Waals surface area contributed by atoms with Gasteiger partial charge >= 0.3 is 0 Å². The molecule has 0 aliphatic heterocycles. The largest absolute Gasteiger partial charge is 0.310 e. The Morgan fingerprint density at radius 3 is 2.21 bits per heavy atom. The fourth-order valence-electron chi connectivity index (χ4n) is 2.76. The second-order valence-corrected chi connectivity index (χ2v) is 5.65. The van der Waals surface area contributed by atoms with Crippen LogP contribution in [-0.2, 0) is 6.42 Å². The zero-order valence-corrected chi connectivity index (χ0v) is 13.2. The minimum Gasteiger partial charge on any atom is -0.310 e. The van der Waals surface area contributed by atoms with Gasteiger partial charge in [0.2, 0.25) is 0 Å². The van der Waals surface area contributed by atoms with Gasteiger partial charge in [0.1, 0.15) is 0 Å². The molecule has 0 radical (unpaired) electrons. The summed E-state index contributed by atoms with van der Waals surface area (Å²) >= 11 is 0. The first-order valence-corrected chi connectivity index (χ1v) is 8.05. The minimum absolute atomic E-state index is 0.505. The van der Waals surface area contributed by atoms with E-state index in [4.69, 9.17) is 0 Å². The normalized spacial score (nSPS) is 14.3. The Hall–Kier alpha value is -0.820. The molecule has 0 aliphatic rings. The lowest BCUT2D eigenvalue weighted by atomic mass is 9.90. The van der Waals surface area contributed by atoms with Crippen molar-refractivity contribution in [1.29, 1.82) is 0 Å². The van der Waals surface area contributed by atoms with Crippen LogP contribution in [0.25, 0.3) is 0 Å². The van der Waals surface area contributed by atoms with E-state index in [9.17, 15) is 0 Å². The SMILES string of the molecule is CCCCc1ccc(C(NCC)C(C)CCC)cc1. The molecule has 1 aromatic carbocycles.